The van der Waals surface area contributed by atoms with Gasteiger partial charge in [0, 0.05) is 17.2 Å². The number of aliphatic hydroxyl groups is 1. The van der Waals surface area contributed by atoms with Crippen LogP contribution in [0.25, 0.3) is 0 Å². The fraction of sp³-hybridized carbons (Fsp3) is 0.143. The summed E-state index contributed by atoms with van der Waals surface area (Å²) in [6.07, 6.45) is -1.58. The van der Waals surface area contributed by atoms with E-state index >= 15 is 0 Å². The van der Waals surface area contributed by atoms with Crippen molar-refractivity contribution < 1.29 is 23.0 Å². The second kappa shape index (κ2) is 5.32. The van der Waals surface area contributed by atoms with Gasteiger partial charge in [0.1, 0.15) is 17.7 Å². The van der Waals surface area contributed by atoms with Crippen LogP contribution in [0.4, 0.5) is 13.2 Å². The van der Waals surface area contributed by atoms with Crippen molar-refractivity contribution in [1.82, 2.24) is 0 Å². The molecule has 1 atom stereocenters. The minimum absolute atomic E-state index is 0.148. The van der Waals surface area contributed by atoms with Crippen LogP contribution in [-0.2, 0) is 0 Å². The Labute approximate surface area is 108 Å². The van der Waals surface area contributed by atoms with Gasteiger partial charge in [-0.3, -0.25) is 0 Å². The number of rotatable bonds is 3. The largest absolute Gasteiger partial charge is 0.497 e. The van der Waals surface area contributed by atoms with E-state index in [1.165, 1.54) is 31.4 Å². The molecule has 0 aromatic heterocycles. The highest BCUT2D eigenvalue weighted by molar-refractivity contribution is 5.36. The minimum atomic E-state index is -1.58. The van der Waals surface area contributed by atoms with Crippen LogP contribution >= 0.6 is 0 Å². The monoisotopic (exact) mass is 268 g/mol. The highest BCUT2D eigenvalue weighted by Crippen LogP contribution is 2.29. The molecule has 2 nitrogen and oxygen atoms in total. The molecule has 0 radical (unpaired) electrons. The van der Waals surface area contributed by atoms with Crippen LogP contribution in [0.15, 0.2) is 36.4 Å². The van der Waals surface area contributed by atoms with Gasteiger partial charge in [0.2, 0.25) is 0 Å². The van der Waals surface area contributed by atoms with E-state index < -0.39 is 23.6 Å². The van der Waals surface area contributed by atoms with Gasteiger partial charge in [0.05, 0.1) is 7.11 Å². The molecule has 0 saturated carbocycles. The molecule has 0 unspecified atom stereocenters. The Balaban J connectivity index is 2.44. The standard InChI is InChI=1S/C14H11F3O2/c1-19-8-5-6-9(12(16)7-8)14(18)10-3-2-4-11(15)13(10)17/h2-7,14,18H,1H3/t14-/m1/s1. The van der Waals surface area contributed by atoms with Crippen molar-refractivity contribution >= 4 is 0 Å². The van der Waals surface area contributed by atoms with Gasteiger partial charge in [-0.2, -0.15) is 0 Å². The predicted octanol–water partition coefficient (Wildman–Crippen LogP) is 3.19. The van der Waals surface area contributed by atoms with Gasteiger partial charge in [0.15, 0.2) is 11.6 Å². The summed E-state index contributed by atoms with van der Waals surface area (Å²) in [6.45, 7) is 0. The Bertz CT molecular complexity index is 599. The van der Waals surface area contributed by atoms with Crippen molar-refractivity contribution in [1.29, 1.82) is 0 Å². The van der Waals surface area contributed by atoms with Crippen LogP contribution in [0.3, 0.4) is 0 Å². The Morgan fingerprint density at radius 1 is 1.00 bits per heavy atom. The molecule has 100 valence electrons. The summed E-state index contributed by atoms with van der Waals surface area (Å²) in [5.41, 5.74) is -0.464. The molecule has 2 rings (SSSR count). The first-order valence-corrected chi connectivity index (χ1v) is 5.50. The number of hydrogen-bond donors (Lipinski definition) is 1. The van der Waals surface area contributed by atoms with Crippen molar-refractivity contribution in [2.75, 3.05) is 7.11 Å². The highest BCUT2D eigenvalue weighted by Gasteiger charge is 2.20. The number of halogens is 3. The van der Waals surface area contributed by atoms with Gasteiger partial charge in [0.25, 0.3) is 0 Å². The third kappa shape index (κ3) is 2.56. The summed E-state index contributed by atoms with van der Waals surface area (Å²) in [6, 6.07) is 7.14. The molecule has 0 bridgehead atoms. The average Bonchev–Trinajstić information content (AvgIpc) is 2.41. The van der Waals surface area contributed by atoms with Crippen molar-refractivity contribution in [2.24, 2.45) is 0 Å². The van der Waals surface area contributed by atoms with Gasteiger partial charge in [-0.25, -0.2) is 13.2 Å². The minimum Gasteiger partial charge on any atom is -0.497 e. The van der Waals surface area contributed by atoms with Crippen molar-refractivity contribution in [3.63, 3.8) is 0 Å². The Hall–Kier alpha value is -2.01. The van der Waals surface area contributed by atoms with Crippen LogP contribution in [0.1, 0.15) is 17.2 Å². The Kier molecular flexibility index (Phi) is 3.76. The molecule has 0 fully saturated rings. The van der Waals surface area contributed by atoms with Crippen LogP contribution in [0, 0.1) is 17.5 Å². The zero-order valence-electron chi connectivity index (χ0n) is 10.0. The lowest BCUT2D eigenvalue weighted by atomic mass is 10.0. The van der Waals surface area contributed by atoms with Crippen molar-refractivity contribution in [3.05, 3.63) is 65.0 Å². The molecule has 0 spiro atoms. The quantitative estimate of drug-likeness (QED) is 0.926. The first-order valence-electron chi connectivity index (χ1n) is 5.50. The summed E-state index contributed by atoms with van der Waals surface area (Å²) in [5, 5.41) is 9.95. The second-order valence-corrected chi connectivity index (χ2v) is 3.93. The van der Waals surface area contributed by atoms with Gasteiger partial charge in [-0.1, -0.05) is 12.1 Å². The molecule has 0 amide bonds. The lowest BCUT2D eigenvalue weighted by Gasteiger charge is -2.14. The highest BCUT2D eigenvalue weighted by atomic mass is 19.2. The van der Waals surface area contributed by atoms with Gasteiger partial charge in [-0.15, -0.1) is 0 Å². The van der Waals surface area contributed by atoms with Crippen LogP contribution < -0.4 is 4.74 Å². The molecule has 0 heterocycles. The SMILES string of the molecule is COc1ccc([C@@H](O)c2cccc(F)c2F)c(F)c1. The number of methoxy groups -OCH3 is 1. The van der Waals surface area contributed by atoms with Gasteiger partial charge < -0.3 is 9.84 Å². The maximum Gasteiger partial charge on any atom is 0.164 e. The maximum atomic E-state index is 13.7. The summed E-state index contributed by atoms with van der Waals surface area (Å²) < 4.78 is 45.2. The van der Waals surface area contributed by atoms with Crippen LogP contribution in [0.5, 0.6) is 5.75 Å². The van der Waals surface area contributed by atoms with E-state index in [2.05, 4.69) is 0 Å². The summed E-state index contributed by atoms with van der Waals surface area (Å²) >= 11 is 0. The van der Waals surface area contributed by atoms with Crippen LogP contribution in [0.2, 0.25) is 0 Å². The molecule has 2 aromatic carbocycles. The smallest absolute Gasteiger partial charge is 0.164 e. The molecule has 5 heteroatoms. The van der Waals surface area contributed by atoms with E-state index in [0.717, 1.165) is 12.1 Å². The fourth-order valence-electron chi connectivity index (χ4n) is 1.76. The zero-order valence-corrected chi connectivity index (χ0v) is 10.0. The molecule has 1 N–H and O–H groups in total. The molecule has 0 aliphatic rings. The van der Waals surface area contributed by atoms with Crippen molar-refractivity contribution in [3.8, 4) is 5.75 Å². The number of hydrogen-bond acceptors (Lipinski definition) is 2. The van der Waals surface area contributed by atoms with E-state index in [1.807, 2.05) is 0 Å². The Morgan fingerprint density at radius 3 is 2.37 bits per heavy atom. The normalized spacial score (nSPS) is 12.3. The zero-order chi connectivity index (χ0) is 14.0. The predicted molar refractivity (Wildman–Crippen MR) is 63.4 cm³/mol. The molecule has 2 aromatic rings. The second-order valence-electron chi connectivity index (χ2n) is 3.93. The maximum absolute atomic E-state index is 13.7. The first kappa shape index (κ1) is 13.4. The average molecular weight is 268 g/mol. The topological polar surface area (TPSA) is 29.5 Å². The fourth-order valence-corrected chi connectivity index (χ4v) is 1.76. The lowest BCUT2D eigenvalue weighted by Crippen LogP contribution is -2.06. The van der Waals surface area contributed by atoms with Gasteiger partial charge in [-0.05, 0) is 18.2 Å². The van der Waals surface area contributed by atoms with Crippen molar-refractivity contribution in [2.45, 2.75) is 6.10 Å². The number of benzene rings is 2. The summed E-state index contributed by atoms with van der Waals surface area (Å²) in [5.74, 6) is -2.76. The first-order chi connectivity index (χ1) is 9.04. The third-order valence-electron chi connectivity index (χ3n) is 2.78. The lowest BCUT2D eigenvalue weighted by molar-refractivity contribution is 0.208. The van der Waals surface area contributed by atoms with Gasteiger partial charge >= 0.3 is 0 Å². The molecule has 19 heavy (non-hydrogen) atoms. The molecular formula is C14H11F3O2. The number of ether oxygens (including phenoxy) is 1. The summed E-state index contributed by atoms with van der Waals surface area (Å²) in [4.78, 5) is 0. The van der Waals surface area contributed by atoms with E-state index in [1.54, 1.807) is 0 Å². The Morgan fingerprint density at radius 2 is 1.74 bits per heavy atom. The van der Waals surface area contributed by atoms with Crippen LogP contribution in [-0.4, -0.2) is 12.2 Å². The van der Waals surface area contributed by atoms with E-state index in [0.29, 0.717) is 0 Å². The van der Waals surface area contributed by atoms with E-state index in [-0.39, 0.29) is 16.9 Å². The van der Waals surface area contributed by atoms with E-state index in [4.69, 9.17) is 4.74 Å². The molecule has 0 aliphatic heterocycles. The van der Waals surface area contributed by atoms with E-state index in [9.17, 15) is 18.3 Å². The molecule has 0 aliphatic carbocycles. The molecular weight excluding hydrogens is 257 g/mol. The summed E-state index contributed by atoms with van der Waals surface area (Å²) in [7, 11) is 1.37. The molecule has 0 saturated heterocycles. The third-order valence-corrected chi connectivity index (χ3v) is 2.78. The number of aliphatic hydroxyl groups excluding tert-OH is 1.